The number of primary amides is 1. The Morgan fingerprint density at radius 1 is 0.543 bits per heavy atom. The molecule has 3 aliphatic rings. The monoisotopic (exact) mass is 1980 g/mol. The van der Waals surface area contributed by atoms with Crippen molar-refractivity contribution in [2.24, 2.45) is 22.9 Å². The number of benzene rings is 3. The van der Waals surface area contributed by atoms with Crippen LogP contribution in [0.4, 0.5) is 0 Å². The third-order valence-electron chi connectivity index (χ3n) is 25.2. The molecule has 762 valence electrons. The van der Waals surface area contributed by atoms with Gasteiger partial charge in [0.05, 0.1) is 36.8 Å². The number of aliphatic carboxylic acids is 1. The van der Waals surface area contributed by atoms with Gasteiger partial charge >= 0.3 is 5.97 Å². The summed E-state index contributed by atoms with van der Waals surface area (Å²) in [5, 5.41) is 72.9. The first-order chi connectivity index (χ1) is 66.9. The average molecular weight is 1980 g/mol. The minimum atomic E-state index is -1.91. The molecule has 0 aliphatic carbocycles. The molecule has 0 spiro atoms. The molecule has 3 fully saturated rings. The second-order valence-electron chi connectivity index (χ2n) is 35.5. The number of amides is 16. The Balaban J connectivity index is 1.12. The lowest BCUT2D eigenvalue weighted by molar-refractivity contribution is -0.149. The average Bonchev–Trinajstić information content (AvgIpc) is 1.61. The molecule has 25 N–H and O–H groups in total. The van der Waals surface area contributed by atoms with E-state index in [0.717, 1.165) is 36.5 Å². The molecule has 16 amide bonds. The Morgan fingerprint density at radius 2 is 1.10 bits per heavy atom. The van der Waals surface area contributed by atoms with E-state index in [4.69, 9.17) is 28.3 Å². The summed E-state index contributed by atoms with van der Waals surface area (Å²) < 4.78 is 0.840. The lowest BCUT2D eigenvalue weighted by Crippen LogP contribution is -2.61. The lowest BCUT2D eigenvalue weighted by Gasteiger charge is -2.36. The first-order valence-corrected chi connectivity index (χ1v) is 49.4. The number of carbonyl (C=O) groups is 17. The molecule has 0 radical (unpaired) electrons. The number of phenols is 1. The van der Waals surface area contributed by atoms with Gasteiger partial charge in [0.2, 0.25) is 94.5 Å². The van der Waals surface area contributed by atoms with E-state index in [1.807, 2.05) is 43.5 Å². The maximum absolute atomic E-state index is 16.0. The van der Waals surface area contributed by atoms with Crippen LogP contribution in [0.2, 0.25) is 0 Å². The lowest BCUT2D eigenvalue weighted by atomic mass is 9.99. The molecule has 3 aromatic heterocycles. The molecule has 6 aromatic rings. The van der Waals surface area contributed by atoms with Crippen LogP contribution < -0.4 is 81.4 Å². The zero-order chi connectivity index (χ0) is 102. The van der Waals surface area contributed by atoms with Crippen LogP contribution in [0.15, 0.2) is 96.9 Å². The molecule has 140 heavy (non-hydrogen) atoms. The van der Waals surface area contributed by atoms with Crippen molar-refractivity contribution in [3.05, 3.63) is 119 Å². The van der Waals surface area contributed by atoms with Crippen LogP contribution in [0.1, 0.15) is 159 Å². The van der Waals surface area contributed by atoms with E-state index in [1.54, 1.807) is 30.5 Å². The number of rotatable bonds is 31. The van der Waals surface area contributed by atoms with Crippen molar-refractivity contribution in [3.8, 4) is 5.75 Å². The van der Waals surface area contributed by atoms with Crippen molar-refractivity contribution < 1.29 is 96.8 Å². The number of nitrogens with one attached hydrogen (secondary N) is 14. The van der Waals surface area contributed by atoms with Crippen molar-refractivity contribution in [3.63, 3.8) is 0 Å². The maximum atomic E-state index is 16.0. The fourth-order valence-corrected chi connectivity index (χ4v) is 19.1. The number of thioether (sulfide) groups is 1. The van der Waals surface area contributed by atoms with Gasteiger partial charge in [0.25, 0.3) is 0 Å². The van der Waals surface area contributed by atoms with Gasteiger partial charge in [0.1, 0.15) is 90.3 Å². The van der Waals surface area contributed by atoms with Crippen molar-refractivity contribution >= 4 is 151 Å². The maximum Gasteiger partial charge on any atom is 0.305 e. The number of guanidine groups is 1. The van der Waals surface area contributed by atoms with Crippen LogP contribution in [0, 0.1) is 5.41 Å². The van der Waals surface area contributed by atoms with E-state index < -0.39 is 228 Å². The number of hydrogen-bond acceptors (Lipinski definition) is 25. The molecular weight excluding hydrogens is 1850 g/mol. The number of hydrogen-bond donors (Lipinski definition) is 21. The van der Waals surface area contributed by atoms with Gasteiger partial charge in [0.15, 0.2) is 5.96 Å². The first-order valence-electron chi connectivity index (χ1n) is 47.3. The quantitative estimate of drug-likeness (QED) is 0.0136. The summed E-state index contributed by atoms with van der Waals surface area (Å²) in [5.74, 6) is -17.9. The number of aromatic amines is 2. The van der Waals surface area contributed by atoms with Crippen molar-refractivity contribution in [2.45, 2.75) is 253 Å². The summed E-state index contributed by atoms with van der Waals surface area (Å²) in [7, 11) is 3.96. The molecular formula is C94H134N24O20S2. The number of nitrogens with two attached hydrogens (primary N) is 4. The van der Waals surface area contributed by atoms with Gasteiger partial charge in [-0.3, -0.25) is 86.9 Å². The Bertz CT molecular complexity index is 5310. The predicted molar refractivity (Wildman–Crippen MR) is 521 cm³/mol. The van der Waals surface area contributed by atoms with Gasteiger partial charge in [-0.2, -0.15) is 0 Å². The highest BCUT2D eigenvalue weighted by Gasteiger charge is 2.47. The third-order valence-corrected chi connectivity index (χ3v) is 27.2. The van der Waals surface area contributed by atoms with E-state index in [2.05, 4.69) is 73.4 Å². The van der Waals surface area contributed by atoms with E-state index in [1.165, 1.54) is 86.0 Å². The summed E-state index contributed by atoms with van der Waals surface area (Å²) in [4.78, 5) is 268. The molecule has 3 aromatic carbocycles. The number of fused-ring (bicyclic) bond motifs is 4. The zero-order valence-electron chi connectivity index (χ0n) is 79.7. The number of aromatic hydroxyl groups is 1. The van der Waals surface area contributed by atoms with Crippen LogP contribution >= 0.6 is 23.1 Å². The summed E-state index contributed by atoms with van der Waals surface area (Å²) in [6.07, 6.45) is 3.08. The first kappa shape index (κ1) is 110. The van der Waals surface area contributed by atoms with E-state index in [0.29, 0.717) is 66.1 Å². The molecule has 15 atom stereocenters. The fraction of sp³-hybridized carbons (Fsp3) is 0.543. The number of carboxylic acid groups (broad SMARTS) is 1. The number of likely N-dealkylation sites (N-methyl/N-ethyl adjacent to an activating group) is 3. The normalized spacial score (nSPS) is 24.3. The number of para-hydroxylation sites is 1. The SMILES string of the molecule is CCCC[C@H]1C(=O)N(C)[C@@H](CCCC)C(=O)N[C@@H](CCCNC(=N)N)C(=O)N[C@H](C(=O)NCC(N)=O)CSCC(=O)N[C@@H](Cc2ccc(O)cc2)C(=O)N(C)[C@@H](C)C(=O)N[C@H](CC(=O)O)C(=O)N2CCC[C@H]2C(=O)N[C@@H](Cc2c[nH]cn2)C(=O)N[C@@H](CCCCN)C(=O)N2C[C@H](O)C[C@H]2C(=O)N[C@@H](Cc2c[nH]c3ccccc23)C(=O)N[C@@H](CCCCN)C(=O)N[C@@H](Cc2csc3ccccc23)C(=O)N1C. The highest BCUT2D eigenvalue weighted by Crippen LogP contribution is 2.30. The number of carbonyl (C=O) groups excluding carboxylic acids is 16. The number of unbranched alkanes of at least 4 members (excludes halogenated alkanes) is 4. The minimum absolute atomic E-state index is 0.00695. The molecule has 0 bridgehead atoms. The predicted octanol–water partition coefficient (Wildman–Crippen LogP) is -1.38. The van der Waals surface area contributed by atoms with Crippen molar-refractivity contribution in [1.82, 2.24) is 97.9 Å². The van der Waals surface area contributed by atoms with Crippen LogP contribution in [-0.2, 0) is 107 Å². The molecule has 46 heteroatoms. The topological polar surface area (TPSA) is 672 Å². The number of aliphatic hydroxyl groups is 1. The second kappa shape index (κ2) is 54.3. The van der Waals surface area contributed by atoms with Gasteiger partial charge in [0, 0.05) is 107 Å². The summed E-state index contributed by atoms with van der Waals surface area (Å²) in [6.45, 7) is 3.89. The van der Waals surface area contributed by atoms with Gasteiger partial charge < -0.3 is 131 Å². The van der Waals surface area contributed by atoms with Crippen LogP contribution in [0.25, 0.3) is 21.0 Å². The highest BCUT2D eigenvalue weighted by atomic mass is 32.2. The fourth-order valence-electron chi connectivity index (χ4n) is 17.3. The van der Waals surface area contributed by atoms with Gasteiger partial charge in [-0.25, -0.2) is 4.98 Å². The number of imidazole rings is 1. The molecule has 0 saturated carbocycles. The van der Waals surface area contributed by atoms with Crippen molar-refractivity contribution in [1.29, 1.82) is 5.41 Å². The van der Waals surface area contributed by atoms with Crippen LogP contribution in [0.5, 0.6) is 5.75 Å². The van der Waals surface area contributed by atoms with E-state index >= 15 is 43.2 Å². The van der Waals surface area contributed by atoms with E-state index in [9.17, 15) is 53.7 Å². The number of nitrogens with zero attached hydrogens (tertiary/aromatic N) is 6. The van der Waals surface area contributed by atoms with Crippen LogP contribution in [0.3, 0.4) is 0 Å². The largest absolute Gasteiger partial charge is 0.508 e. The molecule has 9 rings (SSSR count). The number of phenolic OH excluding ortho intramolecular Hbond substituents is 1. The molecule has 0 unspecified atom stereocenters. The number of carboxylic acids is 1. The standard InChI is InChI=1S/C94H134N24O20S2/c1-7-9-27-72-86(131)107-64(26-19-37-101-94(98)99)83(128)113-71(81(126)103-47-77(97)121)50-139-51-78(122)105-68(39-54-31-33-58(119)34-32-54)89(134)114(4)53(3)80(125)111-70(44-79(123)124)92(137)117-38-20-29-73(117)87(132)110-67(42-57-46-100-52-104-57)85(130)108-65(25-16-18-36-96)91(136)118-48-59(120)43-75(118)88(133)109-66(40-55-45-102-62-23-13-11-21-60(55)62)84(129)106-63(24-15-17-35-95)82(127)112-69(41-56-49-140-76-30-14-12-22-61(56)76)90(135)116(6)74(28-10-8-2)93(138)115(72)5/h11-14,21-23,30-34,45-46,49,52-53,59,63-75,102,119-120H,7-10,15-20,24-29,35-44,47-48,50-51,95-96H2,1-6H3,(H2,97,121)(H,100,104)(H,103,126)(H,105,122)(H,106,129)(H,107,131)(H,108,130)(H,109,133)(H,110,132)(H,111,125)(H,112,127)(H,113,128)(H,123,124)(H4,98,99,101)/t53-,59+,63-,64-,65-,66-,67-,68-,69-,70+,71-,72-,73-,74-,75-/m0/s1. The Hall–Kier alpha value is -13.3. The highest BCUT2D eigenvalue weighted by molar-refractivity contribution is 8.00. The third kappa shape index (κ3) is 31.6. The Morgan fingerprint density at radius 3 is 1.75 bits per heavy atom. The van der Waals surface area contributed by atoms with Crippen LogP contribution in [-0.4, -0.2) is 324 Å². The number of thiophene rings is 1. The minimum Gasteiger partial charge on any atom is -0.508 e. The van der Waals surface area contributed by atoms with Gasteiger partial charge in [-0.1, -0.05) is 88.1 Å². The summed E-state index contributed by atoms with van der Waals surface area (Å²) >= 11 is 2.14. The molecule has 6 heterocycles. The number of H-pyrrole nitrogens is 2. The molecule has 44 nitrogen and oxygen atoms in total. The Kier molecular flexibility index (Phi) is 42.8. The number of aliphatic hydroxyl groups excluding tert-OH is 1. The Labute approximate surface area is 819 Å². The number of aromatic nitrogens is 3. The van der Waals surface area contributed by atoms with E-state index in [-0.39, 0.29) is 134 Å². The summed E-state index contributed by atoms with van der Waals surface area (Å²) in [6, 6.07) is -1.53. The summed E-state index contributed by atoms with van der Waals surface area (Å²) in [5.41, 5.74) is 25.6. The van der Waals surface area contributed by atoms with Crippen molar-refractivity contribution in [2.75, 3.05) is 71.9 Å². The molecule has 3 saturated heterocycles. The molecule has 3 aliphatic heterocycles. The van der Waals surface area contributed by atoms with Gasteiger partial charge in [-0.15, -0.1) is 23.1 Å². The smallest absolute Gasteiger partial charge is 0.305 e. The second-order valence-corrected chi connectivity index (χ2v) is 37.5. The van der Waals surface area contributed by atoms with Gasteiger partial charge in [-0.05, 0) is 149 Å². The zero-order valence-corrected chi connectivity index (χ0v) is 81.3.